The second-order valence-corrected chi connectivity index (χ2v) is 21.5. The number of nitrogens with two attached hydrogens (primary N) is 4. The molecule has 0 aliphatic carbocycles. The number of carbonyl (C=O) groups is 11. The quantitative estimate of drug-likeness (QED) is 0.0103. The van der Waals surface area contributed by atoms with Gasteiger partial charge in [-0.1, -0.05) is 74.5 Å². The Morgan fingerprint density at radius 1 is 0.659 bits per heavy atom. The number of urea groups is 2. The normalized spacial score (nSPS) is 16.6. The number of amides is 13. The van der Waals surface area contributed by atoms with Crippen LogP contribution in [0.5, 0.6) is 5.75 Å². The third kappa shape index (κ3) is 20.9. The Kier molecular flexibility index (Phi) is 25.8. The zero-order valence-corrected chi connectivity index (χ0v) is 49.0. The molecule has 22 N–H and O–H groups in total. The molecule has 1 aliphatic rings. The van der Waals surface area contributed by atoms with Crippen LogP contribution in [0.4, 0.5) is 9.59 Å². The van der Waals surface area contributed by atoms with E-state index in [0.29, 0.717) is 16.7 Å². The second kappa shape index (κ2) is 33.0. The number of H-pyrrole nitrogens is 1. The number of aliphatic hydroxyl groups is 2. The summed E-state index contributed by atoms with van der Waals surface area (Å²) in [4.78, 5) is 157. The molecular formula is C57H79N17O14. The second-order valence-electron chi connectivity index (χ2n) is 21.5. The number of benzene rings is 3. The first kappa shape index (κ1) is 68.7. The molecule has 88 heavy (non-hydrogen) atoms. The average Bonchev–Trinajstić information content (AvgIpc) is 3.28. The highest BCUT2D eigenvalue weighted by Gasteiger charge is 2.45. The highest BCUT2D eigenvalue weighted by Crippen LogP contribution is 2.23. The van der Waals surface area contributed by atoms with Crippen molar-refractivity contribution < 1.29 is 68.1 Å². The number of phenols is 1. The molecule has 0 radical (unpaired) electrons. The first-order valence-corrected chi connectivity index (χ1v) is 28.3. The van der Waals surface area contributed by atoms with E-state index >= 15 is 0 Å². The van der Waals surface area contributed by atoms with Crippen LogP contribution in [0, 0.1) is 5.92 Å². The number of hydrazine groups is 1. The Hall–Kier alpha value is -10.0. The number of guanidine groups is 1. The van der Waals surface area contributed by atoms with Crippen LogP contribution in [0.1, 0.15) is 69.6 Å². The van der Waals surface area contributed by atoms with E-state index in [2.05, 4.69) is 63.4 Å². The Morgan fingerprint density at radius 3 is 1.91 bits per heavy atom. The predicted octanol–water partition coefficient (Wildman–Crippen LogP) is -3.88. The highest BCUT2D eigenvalue weighted by molar-refractivity contribution is 5.99. The number of aromatic nitrogens is 1. The molecular weight excluding hydrogens is 1150 g/mol. The van der Waals surface area contributed by atoms with Gasteiger partial charge in [-0.25, -0.2) is 15.0 Å². The summed E-state index contributed by atoms with van der Waals surface area (Å²) in [5.41, 5.74) is 29.2. The van der Waals surface area contributed by atoms with E-state index in [9.17, 15) is 68.1 Å². The van der Waals surface area contributed by atoms with Gasteiger partial charge in [0.15, 0.2) is 5.96 Å². The van der Waals surface area contributed by atoms with E-state index in [-0.39, 0.29) is 75.7 Å². The molecule has 2 heterocycles. The highest BCUT2D eigenvalue weighted by atomic mass is 16.3. The summed E-state index contributed by atoms with van der Waals surface area (Å²) >= 11 is 0. The number of hydrogen-bond acceptors (Lipinski definition) is 15. The lowest BCUT2D eigenvalue weighted by atomic mass is 10.0. The van der Waals surface area contributed by atoms with Crippen molar-refractivity contribution in [1.29, 1.82) is 0 Å². The van der Waals surface area contributed by atoms with Crippen molar-refractivity contribution in [3.05, 3.63) is 102 Å². The zero-order valence-electron chi connectivity index (χ0n) is 49.0. The summed E-state index contributed by atoms with van der Waals surface area (Å²) in [6, 6.07) is 6.69. The minimum atomic E-state index is -1.92. The number of aromatic hydroxyl groups is 1. The topological polar surface area (TPSA) is 504 Å². The Bertz CT molecular complexity index is 3140. The maximum absolute atomic E-state index is 14.1. The first-order valence-electron chi connectivity index (χ1n) is 28.3. The number of fused-ring (bicyclic) bond motifs is 1. The number of para-hydroxylation sites is 1. The summed E-state index contributed by atoms with van der Waals surface area (Å²) in [5, 5.41) is 52.4. The molecule has 1 unspecified atom stereocenters. The number of likely N-dealkylation sites (tertiary alicyclic amines) is 1. The number of aliphatic hydroxyl groups excluding tert-OH is 2. The molecule has 31 heteroatoms. The number of rotatable bonds is 30. The fraction of sp³-hybridized carbons (Fsp3) is 0.439. The van der Waals surface area contributed by atoms with Gasteiger partial charge in [-0.3, -0.25) is 53.6 Å². The summed E-state index contributed by atoms with van der Waals surface area (Å²) in [6.07, 6.45) is -2.71. The Balaban J connectivity index is 1.28. The van der Waals surface area contributed by atoms with Crippen LogP contribution in [0.25, 0.3) is 10.9 Å². The number of nitrogens with one attached hydrogen (secondary N) is 11. The molecule has 4 aromatic rings. The first-order chi connectivity index (χ1) is 41.7. The third-order valence-electron chi connectivity index (χ3n) is 14.2. The van der Waals surface area contributed by atoms with Crippen molar-refractivity contribution in [1.82, 2.24) is 63.3 Å². The largest absolute Gasteiger partial charge is 0.508 e. The summed E-state index contributed by atoms with van der Waals surface area (Å²) in [7, 11) is 1.47. The number of hydrogen-bond donors (Lipinski definition) is 18. The van der Waals surface area contributed by atoms with Gasteiger partial charge in [0, 0.05) is 56.5 Å². The van der Waals surface area contributed by atoms with Gasteiger partial charge >= 0.3 is 12.1 Å². The van der Waals surface area contributed by atoms with Gasteiger partial charge < -0.3 is 90.7 Å². The minimum absolute atomic E-state index is 0.00844. The molecule has 31 nitrogen and oxygen atoms in total. The maximum Gasteiger partial charge on any atom is 0.334 e. The molecule has 0 saturated carbocycles. The van der Waals surface area contributed by atoms with Crippen molar-refractivity contribution in [3.63, 3.8) is 0 Å². The molecule has 1 saturated heterocycles. The van der Waals surface area contributed by atoms with Crippen LogP contribution in [0.3, 0.4) is 0 Å². The van der Waals surface area contributed by atoms with Crippen LogP contribution >= 0.6 is 0 Å². The summed E-state index contributed by atoms with van der Waals surface area (Å²) in [5.74, 6) is -9.21. The number of aliphatic imine (C=N–C) groups is 1. The van der Waals surface area contributed by atoms with Gasteiger partial charge in [0.2, 0.25) is 47.3 Å². The van der Waals surface area contributed by atoms with Crippen LogP contribution < -0.4 is 76.3 Å². The van der Waals surface area contributed by atoms with Crippen molar-refractivity contribution in [2.75, 3.05) is 20.1 Å². The van der Waals surface area contributed by atoms with E-state index < -0.39 is 132 Å². The monoisotopic (exact) mass is 1230 g/mol. The molecule has 5 rings (SSSR count). The smallest absolute Gasteiger partial charge is 0.334 e. The molecule has 1 fully saturated rings. The minimum Gasteiger partial charge on any atom is -0.508 e. The van der Waals surface area contributed by atoms with E-state index in [4.69, 9.17) is 22.9 Å². The Morgan fingerprint density at radius 2 is 1.27 bits per heavy atom. The lowest BCUT2D eigenvalue weighted by molar-refractivity contribution is -0.143. The molecule has 13 amide bonds. The van der Waals surface area contributed by atoms with E-state index in [1.807, 2.05) is 24.3 Å². The SMILES string of the molecule is CN=C(N)NCCC[C@H](NC(=O)[C@H](CC(C)C)NC(=O)NNC(=O)[C@H](Cc1ccccc1)NC(=O)[C@@H](NC(=O)[C@H](CC(N)=O)NC(=O)[C@@H]1C(O)CCN1C(=O)[C@@H](Cc1ccc(O)cc1)NC(N)=O)[C@@H](C)O)C(=O)N[C@@H](Cc1c[nH]c2ccccc12)C(N)=O. The molecule has 0 spiro atoms. The van der Waals surface area contributed by atoms with Gasteiger partial charge in [-0.2, -0.15) is 0 Å². The maximum atomic E-state index is 14.1. The average molecular weight is 1230 g/mol. The van der Waals surface area contributed by atoms with Crippen LogP contribution in [-0.4, -0.2) is 177 Å². The van der Waals surface area contributed by atoms with Crippen molar-refractivity contribution in [3.8, 4) is 5.75 Å². The van der Waals surface area contributed by atoms with Gasteiger partial charge in [0.05, 0.1) is 18.6 Å². The van der Waals surface area contributed by atoms with E-state index in [1.54, 1.807) is 50.4 Å². The lowest BCUT2D eigenvalue weighted by Gasteiger charge is -2.31. The van der Waals surface area contributed by atoms with Crippen LogP contribution in [-0.2, 0) is 62.4 Å². The van der Waals surface area contributed by atoms with Crippen molar-refractivity contribution >= 4 is 82.1 Å². The molecule has 1 aromatic heterocycles. The summed E-state index contributed by atoms with van der Waals surface area (Å²) < 4.78 is 0. The van der Waals surface area contributed by atoms with Crippen molar-refractivity contribution in [2.45, 2.75) is 133 Å². The van der Waals surface area contributed by atoms with Crippen LogP contribution in [0.15, 0.2) is 90.1 Å². The lowest BCUT2D eigenvalue weighted by Crippen LogP contribution is -2.63. The van der Waals surface area contributed by atoms with E-state index in [1.165, 1.54) is 31.3 Å². The number of carbonyl (C=O) groups excluding carboxylic acids is 11. The van der Waals surface area contributed by atoms with Gasteiger partial charge in [0.1, 0.15) is 54.1 Å². The predicted molar refractivity (Wildman–Crippen MR) is 319 cm³/mol. The molecule has 1 aliphatic heterocycles. The Labute approximate surface area is 506 Å². The molecule has 476 valence electrons. The number of aromatic amines is 1. The third-order valence-corrected chi connectivity index (χ3v) is 14.2. The van der Waals surface area contributed by atoms with Crippen LogP contribution in [0.2, 0.25) is 0 Å². The van der Waals surface area contributed by atoms with Crippen molar-refractivity contribution in [2.24, 2.45) is 33.8 Å². The number of nitrogens with zero attached hydrogens (tertiary/aromatic N) is 2. The number of primary amides is 3. The molecule has 0 bridgehead atoms. The van der Waals surface area contributed by atoms with Gasteiger partial charge in [-0.15, -0.1) is 0 Å². The standard InChI is InChI=1S/C57H79N17O14/c1-29(2)23-39(49(81)65-37(15-10-21-63-55(60)62-4)48(80)66-38(47(59)79)26-33-28-64-36-14-9-8-13-35(33)36)70-57(88)73-72-51(83)40(24-31-11-6-5-7-12-31)67-52(84)45(30(3)75)71-50(82)41(27-44(58)78)68-53(85)46-43(77)20-22-74(46)54(86)42(69-56(61)87)25-32-16-18-34(76)19-17-32/h5-9,11-14,16-19,28-30,37-43,45-46,64,75-77H,10,15,20-27H2,1-4H3,(H2,58,78)(H2,59,79)(H,65,81)(H,66,80)(H,67,84)(H,68,85)(H,71,82)(H,72,83)(H3,60,62,63)(H3,61,69,87)(H2,70,73,88)/t30-,37+,38+,39+,40+,41+,42-,43?,45+,46+/m1/s1. The van der Waals surface area contributed by atoms with E-state index in [0.717, 1.165) is 22.7 Å². The summed E-state index contributed by atoms with van der Waals surface area (Å²) in [6.45, 7) is 4.66. The molecule has 10 atom stereocenters. The number of phenolic OH excluding ortho intramolecular Hbond substituents is 1. The fourth-order valence-electron chi connectivity index (χ4n) is 9.69. The van der Waals surface area contributed by atoms with Gasteiger partial charge in [-0.05, 0) is 73.4 Å². The fourth-order valence-corrected chi connectivity index (χ4v) is 9.69. The van der Waals surface area contributed by atoms with Gasteiger partial charge in [0.25, 0.3) is 5.91 Å². The zero-order chi connectivity index (χ0) is 64.8. The molecule has 3 aromatic carbocycles.